The zero-order valence-electron chi connectivity index (χ0n) is 15.2. The summed E-state index contributed by atoms with van der Waals surface area (Å²) in [7, 11) is 0. The summed E-state index contributed by atoms with van der Waals surface area (Å²) in [4.78, 5) is 45.2. The van der Waals surface area contributed by atoms with Crippen molar-refractivity contribution in [2.45, 2.75) is 31.5 Å². The molecule has 1 aromatic heterocycles. The molecular weight excluding hydrogens is 350 g/mol. The minimum absolute atomic E-state index is 0.00892. The number of hydrogen-bond acceptors (Lipinski definition) is 6. The molecule has 0 saturated carbocycles. The van der Waals surface area contributed by atoms with Gasteiger partial charge < -0.3 is 25.2 Å². The van der Waals surface area contributed by atoms with Crippen LogP contribution < -0.4 is 15.4 Å². The number of piperazine rings is 1. The lowest BCUT2D eigenvalue weighted by molar-refractivity contribution is -0.144. The maximum atomic E-state index is 13.0. The lowest BCUT2D eigenvalue weighted by Gasteiger charge is -2.42. The molecule has 4 rings (SSSR count). The summed E-state index contributed by atoms with van der Waals surface area (Å²) in [5.74, 6) is -0.0506. The quantitative estimate of drug-likeness (QED) is 0.604. The van der Waals surface area contributed by atoms with Crippen LogP contribution >= 0.6 is 0 Å². The number of nitrogens with zero attached hydrogens (tertiary/aromatic N) is 3. The van der Waals surface area contributed by atoms with Crippen molar-refractivity contribution in [2.24, 2.45) is 0 Å². The first-order chi connectivity index (χ1) is 13.0. The van der Waals surface area contributed by atoms with Crippen molar-refractivity contribution in [3.63, 3.8) is 0 Å². The van der Waals surface area contributed by atoms with Gasteiger partial charge >= 0.3 is 0 Å². The van der Waals surface area contributed by atoms with Crippen molar-refractivity contribution in [3.05, 3.63) is 23.9 Å². The van der Waals surface area contributed by atoms with Crippen LogP contribution in [-0.4, -0.2) is 83.4 Å². The average Bonchev–Trinajstić information content (AvgIpc) is 3.13. The highest BCUT2D eigenvalue weighted by molar-refractivity contribution is 5.96. The lowest BCUT2D eigenvalue weighted by Crippen LogP contribution is -2.60. The smallest absolute Gasteiger partial charge is 0.257 e. The highest BCUT2D eigenvalue weighted by Crippen LogP contribution is 2.21. The van der Waals surface area contributed by atoms with Gasteiger partial charge in [0.05, 0.1) is 12.1 Å². The Hall–Kier alpha value is -2.68. The summed E-state index contributed by atoms with van der Waals surface area (Å²) < 4.78 is 5.84. The summed E-state index contributed by atoms with van der Waals surface area (Å²) in [6.45, 7) is 3.62. The predicted octanol–water partition coefficient (Wildman–Crippen LogP) is -1.01. The highest BCUT2D eigenvalue weighted by Gasteiger charge is 2.39. The average molecular weight is 373 g/mol. The van der Waals surface area contributed by atoms with E-state index in [4.69, 9.17) is 4.74 Å². The molecular formula is C18H23N5O4. The highest BCUT2D eigenvalue weighted by atomic mass is 16.5. The number of carbonyl (C=O) groups excluding carboxylic acids is 3. The zero-order valence-corrected chi connectivity index (χ0v) is 15.2. The number of aromatic nitrogens is 1. The van der Waals surface area contributed by atoms with Crippen LogP contribution in [0.25, 0.3) is 0 Å². The van der Waals surface area contributed by atoms with E-state index in [1.807, 2.05) is 0 Å². The Kier molecular flexibility index (Phi) is 4.69. The molecule has 27 heavy (non-hydrogen) atoms. The monoisotopic (exact) mass is 373 g/mol. The molecule has 3 aliphatic heterocycles. The molecule has 3 amide bonds. The first-order valence-corrected chi connectivity index (χ1v) is 9.21. The van der Waals surface area contributed by atoms with Crippen molar-refractivity contribution in [2.75, 3.05) is 32.8 Å². The molecule has 144 valence electrons. The molecule has 2 fully saturated rings. The molecule has 4 heterocycles. The van der Waals surface area contributed by atoms with Gasteiger partial charge in [-0.2, -0.15) is 0 Å². The minimum Gasteiger partial charge on any atom is -0.475 e. The first-order valence-electron chi connectivity index (χ1n) is 9.21. The third-order valence-electron chi connectivity index (χ3n) is 5.40. The van der Waals surface area contributed by atoms with Crippen molar-refractivity contribution < 1.29 is 19.1 Å². The molecule has 3 atom stereocenters. The minimum atomic E-state index is -0.338. The molecule has 1 aromatic rings. The van der Waals surface area contributed by atoms with E-state index in [-0.39, 0.29) is 48.3 Å². The number of hydrogen-bond donors (Lipinski definition) is 2. The number of ether oxygens (including phenoxy) is 1. The molecule has 9 nitrogen and oxygen atoms in total. The standard InChI is InChI=1S/C18H23N5O4/c1-11(24)22-5-6-23-13(9-22)10-27-17-14(3-2-4-19-17)16(25)21-12-7-15(18(23)26)20-8-12/h2-4,12-13,15,20H,5-10H2,1H3,(H,21,25)/t12-,13+,15+/m1/s1. The Morgan fingerprint density at radius 2 is 2.19 bits per heavy atom. The second-order valence-electron chi connectivity index (χ2n) is 7.18. The van der Waals surface area contributed by atoms with Crippen LogP contribution in [0.4, 0.5) is 0 Å². The van der Waals surface area contributed by atoms with Gasteiger partial charge in [0.1, 0.15) is 12.2 Å². The molecule has 2 N–H and O–H groups in total. The van der Waals surface area contributed by atoms with Gasteiger partial charge in [-0.25, -0.2) is 4.98 Å². The topological polar surface area (TPSA) is 104 Å². The molecule has 0 aliphatic carbocycles. The van der Waals surface area contributed by atoms with Crippen molar-refractivity contribution in [3.8, 4) is 5.88 Å². The van der Waals surface area contributed by atoms with Gasteiger partial charge in [0, 0.05) is 45.3 Å². The van der Waals surface area contributed by atoms with E-state index >= 15 is 0 Å². The van der Waals surface area contributed by atoms with Gasteiger partial charge in [-0.05, 0) is 18.6 Å². The Bertz CT molecular complexity index is 770. The van der Waals surface area contributed by atoms with Crippen LogP contribution in [0.5, 0.6) is 5.88 Å². The normalized spacial score (nSPS) is 28.3. The molecule has 3 aliphatic rings. The Morgan fingerprint density at radius 3 is 3.00 bits per heavy atom. The number of pyridine rings is 1. The van der Waals surface area contributed by atoms with Gasteiger partial charge in [-0.1, -0.05) is 0 Å². The fourth-order valence-corrected chi connectivity index (χ4v) is 3.92. The molecule has 9 heteroatoms. The van der Waals surface area contributed by atoms with E-state index in [0.717, 1.165) is 0 Å². The van der Waals surface area contributed by atoms with Gasteiger partial charge in [-0.3, -0.25) is 14.4 Å². The summed E-state index contributed by atoms with van der Waals surface area (Å²) in [5, 5.41) is 6.17. The number of rotatable bonds is 0. The van der Waals surface area contributed by atoms with Crippen molar-refractivity contribution in [1.82, 2.24) is 25.4 Å². The Balaban J connectivity index is 1.65. The maximum Gasteiger partial charge on any atom is 0.257 e. The van der Waals surface area contributed by atoms with Gasteiger partial charge in [-0.15, -0.1) is 0 Å². The Morgan fingerprint density at radius 1 is 1.33 bits per heavy atom. The van der Waals surface area contributed by atoms with Crippen LogP contribution in [0.3, 0.4) is 0 Å². The molecule has 2 bridgehead atoms. The third kappa shape index (κ3) is 3.46. The van der Waals surface area contributed by atoms with E-state index < -0.39 is 0 Å². The van der Waals surface area contributed by atoms with Gasteiger partial charge in [0.25, 0.3) is 5.91 Å². The van der Waals surface area contributed by atoms with Crippen LogP contribution in [-0.2, 0) is 9.59 Å². The van der Waals surface area contributed by atoms with E-state index in [0.29, 0.717) is 38.2 Å². The number of nitrogens with one attached hydrogen (secondary N) is 2. The largest absolute Gasteiger partial charge is 0.475 e. The second kappa shape index (κ2) is 7.15. The summed E-state index contributed by atoms with van der Waals surface area (Å²) in [6.07, 6.45) is 2.11. The molecule has 0 aromatic carbocycles. The molecule has 0 spiro atoms. The molecule has 0 radical (unpaired) electrons. The van der Waals surface area contributed by atoms with Gasteiger partial charge in [0.15, 0.2) is 0 Å². The Labute approximate surface area is 157 Å². The van der Waals surface area contributed by atoms with Crippen LogP contribution in [0.15, 0.2) is 18.3 Å². The van der Waals surface area contributed by atoms with E-state index in [9.17, 15) is 14.4 Å². The molecule has 2 saturated heterocycles. The number of fused-ring (bicyclic) bond motifs is 4. The van der Waals surface area contributed by atoms with Gasteiger partial charge in [0.2, 0.25) is 17.7 Å². The summed E-state index contributed by atoms with van der Waals surface area (Å²) in [6, 6.07) is 2.62. The maximum absolute atomic E-state index is 13.0. The number of carbonyl (C=O) groups is 3. The zero-order chi connectivity index (χ0) is 19.0. The first kappa shape index (κ1) is 17.7. The van der Waals surface area contributed by atoms with Crippen molar-refractivity contribution >= 4 is 17.7 Å². The fourth-order valence-electron chi connectivity index (χ4n) is 3.92. The van der Waals surface area contributed by atoms with Crippen LogP contribution in [0, 0.1) is 0 Å². The summed E-state index contributed by atoms with van der Waals surface area (Å²) in [5.41, 5.74) is 0.374. The predicted molar refractivity (Wildman–Crippen MR) is 95.1 cm³/mol. The lowest BCUT2D eigenvalue weighted by atomic mass is 10.1. The number of amides is 3. The van der Waals surface area contributed by atoms with Crippen LogP contribution in [0.1, 0.15) is 23.7 Å². The van der Waals surface area contributed by atoms with Crippen LogP contribution in [0.2, 0.25) is 0 Å². The third-order valence-corrected chi connectivity index (χ3v) is 5.40. The molecule has 0 unspecified atom stereocenters. The fraction of sp³-hybridized carbons (Fsp3) is 0.556. The summed E-state index contributed by atoms with van der Waals surface area (Å²) >= 11 is 0. The van der Waals surface area contributed by atoms with E-state index in [1.165, 1.54) is 6.92 Å². The second-order valence-corrected chi connectivity index (χ2v) is 7.18. The van der Waals surface area contributed by atoms with Crippen molar-refractivity contribution in [1.29, 1.82) is 0 Å². The SMILES string of the molecule is CC(=O)N1CCN2C(=O)[C@@H]3C[C@H](CN3)NC(=O)c3cccnc3OC[C@@H]2C1. The van der Waals surface area contributed by atoms with E-state index in [1.54, 1.807) is 28.1 Å². The van der Waals surface area contributed by atoms with E-state index in [2.05, 4.69) is 15.6 Å².